The maximum Gasteiger partial charge on any atom is 0.274 e. The zero-order valence-corrected chi connectivity index (χ0v) is 13.0. The summed E-state index contributed by atoms with van der Waals surface area (Å²) in [4.78, 5) is 24.5. The molecule has 0 saturated heterocycles. The SMILES string of the molecule is Cc1noc(C[C@H](NC(=O)c2nccnc2N)c2ccccc2)n1. The summed E-state index contributed by atoms with van der Waals surface area (Å²) in [6.07, 6.45) is 3.21. The zero-order chi connectivity index (χ0) is 16.9. The van der Waals surface area contributed by atoms with Gasteiger partial charge in [-0.3, -0.25) is 4.79 Å². The molecule has 3 aromatic rings. The van der Waals surface area contributed by atoms with Crippen LogP contribution in [0.1, 0.15) is 33.8 Å². The first kappa shape index (κ1) is 15.6. The molecule has 0 fully saturated rings. The van der Waals surface area contributed by atoms with Crippen molar-refractivity contribution >= 4 is 11.7 Å². The lowest BCUT2D eigenvalue weighted by atomic mass is 10.0. The van der Waals surface area contributed by atoms with Crippen molar-refractivity contribution < 1.29 is 9.32 Å². The summed E-state index contributed by atoms with van der Waals surface area (Å²) in [7, 11) is 0. The number of aryl methyl sites for hydroxylation is 1. The maximum atomic E-state index is 12.5. The minimum Gasteiger partial charge on any atom is -0.382 e. The standard InChI is InChI=1S/C16H16N6O2/c1-10-20-13(24-22-10)9-12(11-5-3-2-4-6-11)21-16(23)14-15(17)19-8-7-18-14/h2-8,12H,9H2,1H3,(H2,17,19)(H,21,23)/t12-/m0/s1. The number of benzene rings is 1. The number of nitrogens with two attached hydrogens (primary N) is 1. The molecule has 0 bridgehead atoms. The van der Waals surface area contributed by atoms with E-state index in [1.165, 1.54) is 12.4 Å². The fourth-order valence-electron chi connectivity index (χ4n) is 2.29. The van der Waals surface area contributed by atoms with Gasteiger partial charge in [0, 0.05) is 12.4 Å². The molecule has 2 heterocycles. The molecule has 0 aliphatic rings. The number of carbonyl (C=O) groups excluding carboxylic acids is 1. The van der Waals surface area contributed by atoms with Gasteiger partial charge >= 0.3 is 0 Å². The van der Waals surface area contributed by atoms with E-state index in [4.69, 9.17) is 10.3 Å². The highest BCUT2D eigenvalue weighted by Gasteiger charge is 2.21. The van der Waals surface area contributed by atoms with Gasteiger partial charge in [-0.25, -0.2) is 9.97 Å². The van der Waals surface area contributed by atoms with Crippen LogP contribution in [0.5, 0.6) is 0 Å². The number of rotatable bonds is 5. The van der Waals surface area contributed by atoms with Crippen LogP contribution in [0.25, 0.3) is 0 Å². The van der Waals surface area contributed by atoms with Crippen molar-refractivity contribution in [2.45, 2.75) is 19.4 Å². The first-order valence-electron chi connectivity index (χ1n) is 7.35. The first-order valence-corrected chi connectivity index (χ1v) is 7.35. The number of hydrogen-bond donors (Lipinski definition) is 2. The Morgan fingerprint density at radius 3 is 2.67 bits per heavy atom. The zero-order valence-electron chi connectivity index (χ0n) is 13.0. The highest BCUT2D eigenvalue weighted by atomic mass is 16.5. The predicted octanol–water partition coefficient (Wildman–Crippen LogP) is 1.46. The smallest absolute Gasteiger partial charge is 0.274 e. The molecule has 1 atom stereocenters. The molecule has 0 unspecified atom stereocenters. The molecule has 2 aromatic heterocycles. The van der Waals surface area contributed by atoms with E-state index in [0.29, 0.717) is 18.1 Å². The van der Waals surface area contributed by atoms with Crippen molar-refractivity contribution in [1.29, 1.82) is 0 Å². The number of amides is 1. The van der Waals surface area contributed by atoms with Crippen molar-refractivity contribution in [3.63, 3.8) is 0 Å². The Bertz CT molecular complexity index is 833. The van der Waals surface area contributed by atoms with Gasteiger partial charge in [-0.15, -0.1) is 0 Å². The minimum atomic E-state index is -0.411. The molecule has 0 spiro atoms. The van der Waals surface area contributed by atoms with E-state index in [9.17, 15) is 4.79 Å². The minimum absolute atomic E-state index is 0.0791. The molecule has 0 saturated carbocycles. The van der Waals surface area contributed by atoms with Gasteiger partial charge in [0.15, 0.2) is 17.3 Å². The van der Waals surface area contributed by atoms with Gasteiger partial charge in [0.2, 0.25) is 5.89 Å². The summed E-state index contributed by atoms with van der Waals surface area (Å²) < 4.78 is 5.16. The third-order valence-electron chi connectivity index (χ3n) is 3.40. The van der Waals surface area contributed by atoms with Crippen molar-refractivity contribution in [1.82, 2.24) is 25.4 Å². The predicted molar refractivity (Wildman–Crippen MR) is 85.8 cm³/mol. The molecule has 1 aromatic carbocycles. The Morgan fingerprint density at radius 2 is 2.00 bits per heavy atom. The number of carbonyl (C=O) groups is 1. The molecule has 1 amide bonds. The molecular weight excluding hydrogens is 308 g/mol. The van der Waals surface area contributed by atoms with Crippen LogP contribution in [0.4, 0.5) is 5.82 Å². The highest BCUT2D eigenvalue weighted by molar-refractivity contribution is 5.96. The van der Waals surface area contributed by atoms with Crippen molar-refractivity contribution in [3.8, 4) is 0 Å². The van der Waals surface area contributed by atoms with E-state index in [1.54, 1.807) is 6.92 Å². The van der Waals surface area contributed by atoms with Crippen LogP contribution in [0.3, 0.4) is 0 Å². The van der Waals surface area contributed by atoms with Crippen LogP contribution in [-0.2, 0) is 6.42 Å². The second-order valence-electron chi connectivity index (χ2n) is 5.17. The normalized spacial score (nSPS) is 11.9. The summed E-state index contributed by atoms with van der Waals surface area (Å²) in [6, 6.07) is 9.15. The summed E-state index contributed by atoms with van der Waals surface area (Å²) in [5.74, 6) is 0.649. The van der Waals surface area contributed by atoms with Crippen molar-refractivity contribution in [2.75, 3.05) is 5.73 Å². The Labute approximate surface area is 138 Å². The van der Waals surface area contributed by atoms with E-state index in [1.807, 2.05) is 30.3 Å². The number of anilines is 1. The van der Waals surface area contributed by atoms with Gasteiger partial charge in [-0.1, -0.05) is 35.5 Å². The lowest BCUT2D eigenvalue weighted by Crippen LogP contribution is -2.31. The maximum absolute atomic E-state index is 12.5. The quantitative estimate of drug-likeness (QED) is 0.729. The summed E-state index contributed by atoms with van der Waals surface area (Å²) >= 11 is 0. The van der Waals surface area contributed by atoms with Gasteiger partial charge in [-0.2, -0.15) is 4.98 Å². The fraction of sp³-hybridized carbons (Fsp3) is 0.188. The Balaban J connectivity index is 1.85. The molecule has 122 valence electrons. The second-order valence-corrected chi connectivity index (χ2v) is 5.17. The molecule has 3 N–H and O–H groups in total. The lowest BCUT2D eigenvalue weighted by Gasteiger charge is -2.17. The Kier molecular flexibility index (Phi) is 4.46. The van der Waals surface area contributed by atoms with E-state index in [-0.39, 0.29) is 17.6 Å². The monoisotopic (exact) mass is 324 g/mol. The van der Waals surface area contributed by atoms with E-state index < -0.39 is 5.91 Å². The van der Waals surface area contributed by atoms with Crippen LogP contribution >= 0.6 is 0 Å². The molecule has 8 heteroatoms. The molecule has 24 heavy (non-hydrogen) atoms. The number of nitrogen functional groups attached to an aromatic ring is 1. The highest BCUT2D eigenvalue weighted by Crippen LogP contribution is 2.18. The van der Waals surface area contributed by atoms with Crippen LogP contribution in [0.2, 0.25) is 0 Å². The molecule has 3 rings (SSSR count). The average Bonchev–Trinajstić information content (AvgIpc) is 3.00. The number of hydrogen-bond acceptors (Lipinski definition) is 7. The van der Waals surface area contributed by atoms with Crippen LogP contribution in [0, 0.1) is 6.92 Å². The van der Waals surface area contributed by atoms with E-state index in [2.05, 4.69) is 25.4 Å². The number of nitrogens with one attached hydrogen (secondary N) is 1. The largest absolute Gasteiger partial charge is 0.382 e. The van der Waals surface area contributed by atoms with Gasteiger partial charge in [0.25, 0.3) is 5.91 Å². The molecular formula is C16H16N6O2. The average molecular weight is 324 g/mol. The Hall–Kier alpha value is -3.29. The Morgan fingerprint density at radius 1 is 1.25 bits per heavy atom. The molecule has 0 aliphatic heterocycles. The van der Waals surface area contributed by atoms with E-state index >= 15 is 0 Å². The van der Waals surface area contributed by atoms with Gasteiger partial charge in [0.05, 0.1) is 12.5 Å². The molecule has 0 radical (unpaired) electrons. The topological polar surface area (TPSA) is 120 Å². The third kappa shape index (κ3) is 3.54. The summed E-state index contributed by atoms with van der Waals surface area (Å²) in [5.41, 5.74) is 6.71. The van der Waals surface area contributed by atoms with Crippen LogP contribution < -0.4 is 11.1 Å². The summed E-state index contributed by atoms with van der Waals surface area (Å²) in [5, 5.41) is 6.67. The fourth-order valence-corrected chi connectivity index (χ4v) is 2.29. The van der Waals surface area contributed by atoms with Crippen LogP contribution in [0.15, 0.2) is 47.2 Å². The van der Waals surface area contributed by atoms with Crippen LogP contribution in [-0.4, -0.2) is 26.0 Å². The summed E-state index contributed by atoms with van der Waals surface area (Å²) in [6.45, 7) is 1.74. The van der Waals surface area contributed by atoms with Crippen molar-refractivity contribution in [3.05, 3.63) is 65.7 Å². The molecule has 0 aliphatic carbocycles. The number of aromatic nitrogens is 4. The second kappa shape index (κ2) is 6.86. The van der Waals surface area contributed by atoms with Gasteiger partial charge < -0.3 is 15.6 Å². The third-order valence-corrected chi connectivity index (χ3v) is 3.40. The number of nitrogens with zero attached hydrogens (tertiary/aromatic N) is 4. The lowest BCUT2D eigenvalue weighted by molar-refractivity contribution is 0.0930. The molecule has 8 nitrogen and oxygen atoms in total. The van der Waals surface area contributed by atoms with E-state index in [0.717, 1.165) is 5.56 Å². The van der Waals surface area contributed by atoms with Gasteiger partial charge in [-0.05, 0) is 12.5 Å². The first-order chi connectivity index (χ1) is 11.6. The van der Waals surface area contributed by atoms with Crippen molar-refractivity contribution in [2.24, 2.45) is 0 Å². The van der Waals surface area contributed by atoms with Gasteiger partial charge in [0.1, 0.15) is 0 Å².